The zero-order chi connectivity index (χ0) is 11.7. The lowest BCUT2D eigenvalue weighted by Gasteiger charge is -2.18. The van der Waals surface area contributed by atoms with Crippen LogP contribution in [-0.2, 0) is 0 Å². The summed E-state index contributed by atoms with van der Waals surface area (Å²) >= 11 is 0. The Labute approximate surface area is 95.5 Å². The van der Waals surface area contributed by atoms with E-state index in [9.17, 15) is 0 Å². The van der Waals surface area contributed by atoms with Crippen LogP contribution >= 0.6 is 0 Å². The van der Waals surface area contributed by atoms with E-state index in [-0.39, 0.29) is 0 Å². The van der Waals surface area contributed by atoms with Crippen molar-refractivity contribution in [2.24, 2.45) is 5.92 Å². The zero-order valence-corrected chi connectivity index (χ0v) is 10.2. The lowest BCUT2D eigenvalue weighted by Crippen LogP contribution is -2.22. The van der Waals surface area contributed by atoms with Crippen LogP contribution in [0.2, 0.25) is 0 Å². The van der Waals surface area contributed by atoms with Crippen molar-refractivity contribution < 1.29 is 0 Å². The summed E-state index contributed by atoms with van der Waals surface area (Å²) in [6.45, 7) is 8.55. The molecule has 2 heterocycles. The summed E-state index contributed by atoms with van der Waals surface area (Å²) in [5.74, 6) is 1.49. The maximum Gasteiger partial charge on any atom is 0.137 e. The number of pyridine rings is 1. The topological polar surface area (TPSA) is 53.6 Å². The van der Waals surface area contributed by atoms with Crippen LogP contribution in [0.15, 0.2) is 12.3 Å². The van der Waals surface area contributed by atoms with E-state index < -0.39 is 0 Å². The van der Waals surface area contributed by atoms with Gasteiger partial charge in [-0.2, -0.15) is 5.10 Å². The number of hydrogen-bond acceptors (Lipinski definition) is 3. The maximum absolute atomic E-state index is 4.39. The Balaban J connectivity index is 2.40. The van der Waals surface area contributed by atoms with Crippen molar-refractivity contribution in [2.45, 2.75) is 33.7 Å². The van der Waals surface area contributed by atoms with Gasteiger partial charge in [-0.3, -0.25) is 5.10 Å². The van der Waals surface area contributed by atoms with E-state index in [1.807, 2.05) is 13.0 Å². The molecule has 4 heteroatoms. The molecule has 0 saturated heterocycles. The normalized spacial score (nSPS) is 13.3. The van der Waals surface area contributed by atoms with Gasteiger partial charge in [0, 0.05) is 12.2 Å². The highest BCUT2D eigenvalue weighted by Crippen LogP contribution is 2.23. The van der Waals surface area contributed by atoms with Crippen molar-refractivity contribution in [3.05, 3.63) is 18.0 Å². The summed E-state index contributed by atoms with van der Waals surface area (Å²) in [4.78, 5) is 4.39. The molecule has 0 saturated carbocycles. The van der Waals surface area contributed by atoms with Crippen LogP contribution in [0.25, 0.3) is 10.9 Å². The monoisotopic (exact) mass is 218 g/mol. The van der Waals surface area contributed by atoms with Gasteiger partial charge in [-0.05, 0) is 25.8 Å². The van der Waals surface area contributed by atoms with Gasteiger partial charge in [-0.15, -0.1) is 0 Å². The fraction of sp³-hybridized carbons (Fsp3) is 0.500. The van der Waals surface area contributed by atoms with E-state index in [0.717, 1.165) is 22.4 Å². The summed E-state index contributed by atoms with van der Waals surface area (Å²) in [5.41, 5.74) is 2.02. The largest absolute Gasteiger partial charge is 0.367 e. The quantitative estimate of drug-likeness (QED) is 0.832. The standard InChI is InChI=1S/C12H18N4/c1-7(2)8(3)14-12-11-9(4)15-16-10(11)5-6-13-12/h5-8H,1-4H3,(H,13,14)(H,15,16). The van der Waals surface area contributed by atoms with Crippen LogP contribution in [0.3, 0.4) is 0 Å². The van der Waals surface area contributed by atoms with Crippen molar-refractivity contribution in [1.82, 2.24) is 15.2 Å². The zero-order valence-electron chi connectivity index (χ0n) is 10.2. The second-order valence-corrected chi connectivity index (χ2v) is 4.57. The first-order chi connectivity index (χ1) is 7.59. The molecule has 1 unspecified atom stereocenters. The maximum atomic E-state index is 4.39. The molecule has 16 heavy (non-hydrogen) atoms. The average molecular weight is 218 g/mol. The number of H-pyrrole nitrogens is 1. The van der Waals surface area contributed by atoms with Crippen molar-refractivity contribution >= 4 is 16.7 Å². The lowest BCUT2D eigenvalue weighted by atomic mass is 10.1. The van der Waals surface area contributed by atoms with E-state index in [1.54, 1.807) is 6.20 Å². The first-order valence-electron chi connectivity index (χ1n) is 5.66. The Morgan fingerprint density at radius 2 is 2.06 bits per heavy atom. The molecule has 0 fully saturated rings. The fourth-order valence-corrected chi connectivity index (χ4v) is 1.61. The number of hydrogen-bond donors (Lipinski definition) is 2. The Hall–Kier alpha value is -1.58. The molecule has 1 atom stereocenters. The number of anilines is 1. The molecule has 2 aromatic rings. The summed E-state index contributed by atoms with van der Waals surface area (Å²) in [6, 6.07) is 2.34. The van der Waals surface area contributed by atoms with Gasteiger partial charge in [-0.25, -0.2) is 4.98 Å². The minimum absolute atomic E-state index is 0.396. The molecule has 2 aromatic heterocycles. The Morgan fingerprint density at radius 3 is 2.75 bits per heavy atom. The van der Waals surface area contributed by atoms with Crippen molar-refractivity contribution in [3.63, 3.8) is 0 Å². The smallest absolute Gasteiger partial charge is 0.137 e. The van der Waals surface area contributed by atoms with Gasteiger partial charge in [0.25, 0.3) is 0 Å². The number of aromatic nitrogens is 3. The van der Waals surface area contributed by atoms with Crippen molar-refractivity contribution in [2.75, 3.05) is 5.32 Å². The van der Waals surface area contributed by atoms with E-state index >= 15 is 0 Å². The van der Waals surface area contributed by atoms with Gasteiger partial charge in [0.2, 0.25) is 0 Å². The Kier molecular flexibility index (Phi) is 2.81. The van der Waals surface area contributed by atoms with Gasteiger partial charge < -0.3 is 5.32 Å². The second-order valence-electron chi connectivity index (χ2n) is 4.57. The summed E-state index contributed by atoms with van der Waals surface area (Å²) in [6.07, 6.45) is 1.80. The number of rotatable bonds is 3. The number of aromatic amines is 1. The highest BCUT2D eigenvalue weighted by atomic mass is 15.1. The van der Waals surface area contributed by atoms with E-state index in [0.29, 0.717) is 12.0 Å². The van der Waals surface area contributed by atoms with Gasteiger partial charge in [0.15, 0.2) is 0 Å². The third-order valence-electron chi connectivity index (χ3n) is 3.02. The Morgan fingerprint density at radius 1 is 1.31 bits per heavy atom. The number of nitrogens with zero attached hydrogens (tertiary/aromatic N) is 2. The molecule has 0 aliphatic carbocycles. The van der Waals surface area contributed by atoms with E-state index in [1.165, 1.54) is 0 Å². The molecule has 2 rings (SSSR count). The fourth-order valence-electron chi connectivity index (χ4n) is 1.61. The number of fused-ring (bicyclic) bond motifs is 1. The van der Waals surface area contributed by atoms with E-state index in [2.05, 4.69) is 41.3 Å². The van der Waals surface area contributed by atoms with Crippen LogP contribution in [0.1, 0.15) is 26.5 Å². The molecule has 0 bridgehead atoms. The van der Waals surface area contributed by atoms with Gasteiger partial charge in [0.05, 0.1) is 16.6 Å². The molecule has 0 spiro atoms. The third kappa shape index (κ3) is 1.87. The van der Waals surface area contributed by atoms with Crippen LogP contribution in [-0.4, -0.2) is 21.2 Å². The molecule has 0 amide bonds. The highest BCUT2D eigenvalue weighted by molar-refractivity contribution is 5.91. The van der Waals surface area contributed by atoms with Crippen LogP contribution in [0.4, 0.5) is 5.82 Å². The van der Waals surface area contributed by atoms with Crippen LogP contribution in [0, 0.1) is 12.8 Å². The number of aryl methyl sites for hydroxylation is 1. The molecule has 0 aliphatic rings. The first-order valence-corrected chi connectivity index (χ1v) is 5.66. The SMILES string of the molecule is Cc1n[nH]c2ccnc(NC(C)C(C)C)c12. The van der Waals surface area contributed by atoms with Crippen molar-refractivity contribution in [3.8, 4) is 0 Å². The highest BCUT2D eigenvalue weighted by Gasteiger charge is 2.12. The minimum atomic E-state index is 0.396. The van der Waals surface area contributed by atoms with Crippen molar-refractivity contribution in [1.29, 1.82) is 0 Å². The molecule has 4 nitrogen and oxygen atoms in total. The second kappa shape index (κ2) is 4.12. The van der Waals surface area contributed by atoms with Gasteiger partial charge >= 0.3 is 0 Å². The molecule has 86 valence electrons. The molecular weight excluding hydrogens is 200 g/mol. The Bertz CT molecular complexity index is 487. The predicted octanol–water partition coefficient (Wildman–Crippen LogP) is 2.72. The van der Waals surface area contributed by atoms with E-state index in [4.69, 9.17) is 0 Å². The average Bonchev–Trinajstić information content (AvgIpc) is 2.61. The van der Waals surface area contributed by atoms with Crippen LogP contribution < -0.4 is 5.32 Å². The molecule has 2 N–H and O–H groups in total. The summed E-state index contributed by atoms with van der Waals surface area (Å²) in [7, 11) is 0. The summed E-state index contributed by atoms with van der Waals surface area (Å²) < 4.78 is 0. The third-order valence-corrected chi connectivity index (χ3v) is 3.02. The van der Waals surface area contributed by atoms with Gasteiger partial charge in [-0.1, -0.05) is 13.8 Å². The van der Waals surface area contributed by atoms with Crippen LogP contribution in [0.5, 0.6) is 0 Å². The van der Waals surface area contributed by atoms with Gasteiger partial charge in [0.1, 0.15) is 5.82 Å². The minimum Gasteiger partial charge on any atom is -0.367 e. The predicted molar refractivity (Wildman–Crippen MR) is 66.5 cm³/mol. The summed E-state index contributed by atoms with van der Waals surface area (Å²) in [5, 5.41) is 11.7. The molecular formula is C12H18N4. The molecule has 0 aliphatic heterocycles. The molecule has 0 aromatic carbocycles. The molecule has 0 radical (unpaired) electrons. The first kappa shape index (κ1) is 10.9. The lowest BCUT2D eigenvalue weighted by molar-refractivity contribution is 0.559. The number of nitrogens with one attached hydrogen (secondary N) is 2.